The highest BCUT2D eigenvalue weighted by Crippen LogP contribution is 2.23. The predicted molar refractivity (Wildman–Crippen MR) is 117 cm³/mol. The molecule has 0 spiro atoms. The topological polar surface area (TPSA) is 75.7 Å². The summed E-state index contributed by atoms with van der Waals surface area (Å²) in [6.45, 7) is 4.35. The molecule has 0 aliphatic carbocycles. The van der Waals surface area contributed by atoms with Crippen LogP contribution in [0.25, 0.3) is 10.8 Å². The monoisotopic (exact) mass is 424 g/mol. The average Bonchev–Trinajstić information content (AvgIpc) is 2.73. The van der Waals surface area contributed by atoms with Gasteiger partial charge in [-0.2, -0.15) is 4.31 Å². The van der Waals surface area contributed by atoms with Gasteiger partial charge in [-0.3, -0.25) is 4.79 Å². The van der Waals surface area contributed by atoms with E-state index in [1.54, 1.807) is 0 Å². The first-order valence-corrected chi connectivity index (χ1v) is 11.3. The van der Waals surface area contributed by atoms with Crippen molar-refractivity contribution in [1.82, 2.24) is 4.31 Å². The van der Waals surface area contributed by atoms with Crippen molar-refractivity contribution in [3.8, 4) is 0 Å². The van der Waals surface area contributed by atoms with Crippen molar-refractivity contribution in [2.75, 3.05) is 18.4 Å². The maximum atomic E-state index is 12.9. The minimum atomic E-state index is -3.63. The van der Waals surface area contributed by atoms with Crippen LogP contribution < -0.4 is 5.32 Å². The molecule has 4 rings (SSSR count). The third-order valence-electron chi connectivity index (χ3n) is 5.15. The summed E-state index contributed by atoms with van der Waals surface area (Å²) >= 11 is 0. The van der Waals surface area contributed by atoms with Crippen molar-refractivity contribution in [1.29, 1.82) is 0 Å². The summed E-state index contributed by atoms with van der Waals surface area (Å²) in [5, 5.41) is 5.00. The van der Waals surface area contributed by atoms with Crippen molar-refractivity contribution in [3.63, 3.8) is 0 Å². The lowest BCUT2D eigenvalue weighted by molar-refractivity contribution is -0.0440. The van der Waals surface area contributed by atoms with Gasteiger partial charge in [0.2, 0.25) is 10.0 Å². The summed E-state index contributed by atoms with van der Waals surface area (Å²) < 4.78 is 33.0. The number of anilines is 1. The molecule has 0 saturated carbocycles. The molecule has 30 heavy (non-hydrogen) atoms. The first-order valence-electron chi connectivity index (χ1n) is 9.89. The number of carbonyl (C=O) groups is 1. The van der Waals surface area contributed by atoms with Crippen LogP contribution in [0.3, 0.4) is 0 Å². The van der Waals surface area contributed by atoms with E-state index in [1.165, 1.54) is 28.6 Å². The highest BCUT2D eigenvalue weighted by Gasteiger charge is 2.32. The van der Waals surface area contributed by atoms with E-state index in [-0.39, 0.29) is 23.0 Å². The number of hydrogen-bond acceptors (Lipinski definition) is 4. The molecular weight excluding hydrogens is 400 g/mol. The number of hydrogen-bond donors (Lipinski definition) is 1. The molecule has 1 amide bonds. The van der Waals surface area contributed by atoms with Gasteiger partial charge in [-0.25, -0.2) is 8.42 Å². The smallest absolute Gasteiger partial charge is 0.255 e. The molecular formula is C23H24N2O4S. The SMILES string of the molecule is C[C@@H]1CN(S(=O)(=O)c2ccc(C(=O)Nc3ccc4ccccc4c3)cc2)C[C@H](C)O1. The molecule has 1 saturated heterocycles. The number of nitrogens with zero attached hydrogens (tertiary/aromatic N) is 1. The molecule has 1 aliphatic heterocycles. The van der Waals surface area contributed by atoms with Crippen LogP contribution in [0.15, 0.2) is 71.6 Å². The zero-order valence-corrected chi connectivity index (χ0v) is 17.7. The minimum absolute atomic E-state index is 0.157. The predicted octanol–water partition coefficient (Wildman–Crippen LogP) is 3.89. The molecule has 1 N–H and O–H groups in total. The highest BCUT2D eigenvalue weighted by molar-refractivity contribution is 7.89. The minimum Gasteiger partial charge on any atom is -0.373 e. The molecule has 0 aromatic heterocycles. The zero-order valence-electron chi connectivity index (χ0n) is 16.9. The van der Waals surface area contributed by atoms with Crippen LogP contribution in [0.2, 0.25) is 0 Å². The van der Waals surface area contributed by atoms with Crippen LogP contribution in [0.5, 0.6) is 0 Å². The van der Waals surface area contributed by atoms with Gasteiger partial charge in [-0.15, -0.1) is 0 Å². The Balaban J connectivity index is 1.50. The lowest BCUT2D eigenvalue weighted by atomic mass is 10.1. The molecule has 3 aromatic carbocycles. The number of fused-ring (bicyclic) bond motifs is 1. The maximum Gasteiger partial charge on any atom is 0.255 e. The maximum absolute atomic E-state index is 12.9. The second-order valence-corrected chi connectivity index (χ2v) is 9.56. The number of amides is 1. The van der Waals surface area contributed by atoms with Crippen molar-refractivity contribution >= 4 is 32.4 Å². The molecule has 1 heterocycles. The van der Waals surface area contributed by atoms with Crippen molar-refractivity contribution in [2.24, 2.45) is 0 Å². The number of morpholine rings is 1. The second kappa shape index (κ2) is 8.18. The first-order chi connectivity index (χ1) is 14.3. The lowest BCUT2D eigenvalue weighted by Crippen LogP contribution is -2.48. The van der Waals surface area contributed by atoms with E-state index in [4.69, 9.17) is 4.74 Å². The van der Waals surface area contributed by atoms with E-state index in [0.717, 1.165) is 10.8 Å². The summed E-state index contributed by atoms with van der Waals surface area (Å²) in [5.74, 6) is -0.289. The largest absolute Gasteiger partial charge is 0.373 e. The van der Waals surface area contributed by atoms with Crippen LogP contribution in [0.1, 0.15) is 24.2 Å². The summed E-state index contributed by atoms with van der Waals surface area (Å²) in [5.41, 5.74) is 1.08. The van der Waals surface area contributed by atoms with Crippen LogP contribution in [0, 0.1) is 0 Å². The molecule has 3 aromatic rings. The van der Waals surface area contributed by atoms with Crippen LogP contribution >= 0.6 is 0 Å². The van der Waals surface area contributed by atoms with Crippen LogP contribution in [0.4, 0.5) is 5.69 Å². The van der Waals surface area contributed by atoms with Crippen molar-refractivity contribution in [3.05, 3.63) is 72.3 Å². The number of carbonyl (C=O) groups excluding carboxylic acids is 1. The Kier molecular flexibility index (Phi) is 5.60. The van der Waals surface area contributed by atoms with Gasteiger partial charge in [0.15, 0.2) is 0 Å². The fourth-order valence-electron chi connectivity index (χ4n) is 3.72. The summed E-state index contributed by atoms with van der Waals surface area (Å²) in [6.07, 6.45) is -0.314. The Morgan fingerprint density at radius 2 is 1.57 bits per heavy atom. The molecule has 0 bridgehead atoms. The van der Waals surface area contributed by atoms with Gasteiger partial charge >= 0.3 is 0 Å². The number of sulfonamides is 1. The summed E-state index contributed by atoms with van der Waals surface area (Å²) in [6, 6.07) is 19.7. The van der Waals surface area contributed by atoms with E-state index in [9.17, 15) is 13.2 Å². The number of benzene rings is 3. The molecule has 6 nitrogen and oxygen atoms in total. The van der Waals surface area contributed by atoms with E-state index in [1.807, 2.05) is 56.3 Å². The quantitative estimate of drug-likeness (QED) is 0.689. The van der Waals surface area contributed by atoms with Gasteiger partial charge in [0.05, 0.1) is 17.1 Å². The third-order valence-corrected chi connectivity index (χ3v) is 6.99. The van der Waals surface area contributed by atoms with E-state index >= 15 is 0 Å². The van der Waals surface area contributed by atoms with Crippen LogP contribution in [-0.2, 0) is 14.8 Å². The number of rotatable bonds is 4. The molecule has 2 atom stereocenters. The average molecular weight is 425 g/mol. The second-order valence-electron chi connectivity index (χ2n) is 7.62. The Bertz CT molecular complexity index is 1170. The van der Waals surface area contributed by atoms with E-state index in [0.29, 0.717) is 24.3 Å². The van der Waals surface area contributed by atoms with Gasteiger partial charge < -0.3 is 10.1 Å². The van der Waals surface area contributed by atoms with Gasteiger partial charge in [-0.1, -0.05) is 30.3 Å². The fraction of sp³-hybridized carbons (Fsp3) is 0.261. The molecule has 0 unspecified atom stereocenters. The zero-order chi connectivity index (χ0) is 21.3. The summed E-state index contributed by atoms with van der Waals surface area (Å²) in [4.78, 5) is 12.8. The fourth-order valence-corrected chi connectivity index (χ4v) is 5.32. The van der Waals surface area contributed by atoms with Crippen molar-refractivity contribution in [2.45, 2.75) is 31.0 Å². The normalized spacial score (nSPS) is 20.2. The first kappa shape index (κ1) is 20.5. The standard InChI is InChI=1S/C23H24N2O4S/c1-16-14-25(15-17(2)29-16)30(27,28)22-11-8-19(9-12-22)23(26)24-21-10-7-18-5-3-4-6-20(18)13-21/h3-13,16-17H,14-15H2,1-2H3,(H,24,26)/t16-,17+. The Labute approximate surface area is 176 Å². The number of ether oxygens (including phenoxy) is 1. The Morgan fingerprint density at radius 1 is 0.933 bits per heavy atom. The highest BCUT2D eigenvalue weighted by atomic mass is 32.2. The Morgan fingerprint density at radius 3 is 2.23 bits per heavy atom. The van der Waals surface area contributed by atoms with Gasteiger partial charge in [0.1, 0.15) is 0 Å². The summed E-state index contributed by atoms with van der Waals surface area (Å²) in [7, 11) is -3.63. The van der Waals surface area contributed by atoms with Crippen molar-refractivity contribution < 1.29 is 17.9 Å². The third kappa shape index (κ3) is 4.23. The van der Waals surface area contributed by atoms with Crippen LogP contribution in [-0.4, -0.2) is 43.9 Å². The molecule has 1 fully saturated rings. The van der Waals surface area contributed by atoms with Gasteiger partial charge in [0.25, 0.3) is 5.91 Å². The molecule has 7 heteroatoms. The molecule has 0 radical (unpaired) electrons. The van der Waals surface area contributed by atoms with Gasteiger partial charge in [0, 0.05) is 24.3 Å². The number of nitrogens with one attached hydrogen (secondary N) is 1. The van der Waals surface area contributed by atoms with E-state index < -0.39 is 10.0 Å². The lowest BCUT2D eigenvalue weighted by Gasteiger charge is -2.34. The Hall–Kier alpha value is -2.74. The molecule has 1 aliphatic rings. The van der Waals surface area contributed by atoms with Gasteiger partial charge in [-0.05, 0) is 61.0 Å². The van der Waals surface area contributed by atoms with E-state index in [2.05, 4.69) is 5.32 Å². The molecule has 156 valence electrons.